The van der Waals surface area contributed by atoms with Crippen molar-refractivity contribution >= 4 is 5.91 Å². The van der Waals surface area contributed by atoms with Gasteiger partial charge in [0.15, 0.2) is 6.61 Å². The van der Waals surface area contributed by atoms with Crippen molar-refractivity contribution in [1.29, 1.82) is 0 Å². The van der Waals surface area contributed by atoms with Crippen molar-refractivity contribution in [3.05, 3.63) is 29.8 Å². The fraction of sp³-hybridized carbons (Fsp3) is 0.588. The van der Waals surface area contributed by atoms with Crippen LogP contribution in [-0.2, 0) is 11.3 Å². The van der Waals surface area contributed by atoms with Crippen molar-refractivity contribution in [2.24, 2.45) is 11.7 Å². The predicted molar refractivity (Wildman–Crippen MR) is 86.1 cm³/mol. The van der Waals surface area contributed by atoms with Crippen LogP contribution in [0.1, 0.15) is 45.6 Å². The van der Waals surface area contributed by atoms with Crippen molar-refractivity contribution in [2.45, 2.75) is 52.6 Å². The Kier molecular flexibility index (Phi) is 7.83. The van der Waals surface area contributed by atoms with Gasteiger partial charge in [0, 0.05) is 18.2 Å². The summed E-state index contributed by atoms with van der Waals surface area (Å²) in [7, 11) is 0. The second-order valence-electron chi connectivity index (χ2n) is 5.89. The van der Waals surface area contributed by atoms with E-state index in [0.29, 0.717) is 18.2 Å². The minimum absolute atomic E-state index is 0.0333. The molecule has 0 saturated heterocycles. The van der Waals surface area contributed by atoms with Gasteiger partial charge >= 0.3 is 0 Å². The third-order valence-electron chi connectivity index (χ3n) is 3.38. The summed E-state index contributed by atoms with van der Waals surface area (Å²) in [6.07, 6.45) is 3.33. The molecule has 4 nitrogen and oxygen atoms in total. The lowest BCUT2D eigenvalue weighted by Crippen LogP contribution is -2.36. The number of hydrogen-bond donors (Lipinski definition) is 2. The first-order valence-electron chi connectivity index (χ1n) is 7.73. The minimum atomic E-state index is -0.0844. The SMILES string of the molecule is CC(C)CCCC(C)NC(=O)COc1ccccc1CN. The van der Waals surface area contributed by atoms with Gasteiger partial charge in [-0.05, 0) is 25.3 Å². The van der Waals surface area contributed by atoms with Crippen LogP contribution < -0.4 is 15.8 Å². The molecule has 0 aliphatic carbocycles. The molecule has 0 aromatic heterocycles. The Morgan fingerprint density at radius 1 is 1.24 bits per heavy atom. The van der Waals surface area contributed by atoms with Gasteiger partial charge in [0.2, 0.25) is 0 Å². The summed E-state index contributed by atoms with van der Waals surface area (Å²) in [6.45, 7) is 6.90. The van der Waals surface area contributed by atoms with Gasteiger partial charge in [-0.3, -0.25) is 4.79 Å². The average Bonchev–Trinajstić information content (AvgIpc) is 2.45. The van der Waals surface area contributed by atoms with E-state index in [9.17, 15) is 4.79 Å². The van der Waals surface area contributed by atoms with Gasteiger partial charge < -0.3 is 15.8 Å². The van der Waals surface area contributed by atoms with Gasteiger partial charge in [0.25, 0.3) is 5.91 Å². The third kappa shape index (κ3) is 7.14. The molecule has 1 aromatic rings. The number of para-hydroxylation sites is 1. The molecule has 0 bridgehead atoms. The van der Waals surface area contributed by atoms with Crippen LogP contribution >= 0.6 is 0 Å². The number of carbonyl (C=O) groups excluding carboxylic acids is 1. The van der Waals surface area contributed by atoms with E-state index in [1.807, 2.05) is 31.2 Å². The van der Waals surface area contributed by atoms with Gasteiger partial charge in [0.1, 0.15) is 5.75 Å². The van der Waals surface area contributed by atoms with Gasteiger partial charge in [-0.2, -0.15) is 0 Å². The number of hydrogen-bond acceptors (Lipinski definition) is 3. The Balaban J connectivity index is 2.30. The Morgan fingerprint density at radius 3 is 2.62 bits per heavy atom. The van der Waals surface area contributed by atoms with Crippen LogP contribution in [0.15, 0.2) is 24.3 Å². The van der Waals surface area contributed by atoms with Gasteiger partial charge in [-0.1, -0.05) is 44.9 Å². The van der Waals surface area contributed by atoms with Gasteiger partial charge in [-0.25, -0.2) is 0 Å². The standard InChI is InChI=1S/C17H28N2O2/c1-13(2)7-6-8-14(3)19-17(20)12-21-16-10-5-4-9-15(16)11-18/h4-5,9-10,13-14H,6-8,11-12,18H2,1-3H3,(H,19,20). The first-order chi connectivity index (χ1) is 10.0. The molecule has 1 amide bonds. The van der Waals surface area contributed by atoms with E-state index >= 15 is 0 Å². The van der Waals surface area contributed by atoms with E-state index in [-0.39, 0.29) is 18.6 Å². The molecule has 1 atom stereocenters. The highest BCUT2D eigenvalue weighted by molar-refractivity contribution is 5.77. The van der Waals surface area contributed by atoms with Crippen LogP contribution in [0, 0.1) is 5.92 Å². The Hall–Kier alpha value is -1.55. The summed E-state index contributed by atoms with van der Waals surface area (Å²) in [5.74, 6) is 1.31. The van der Waals surface area contributed by atoms with Crippen LogP contribution in [0.25, 0.3) is 0 Å². The van der Waals surface area contributed by atoms with E-state index in [2.05, 4.69) is 19.2 Å². The zero-order valence-corrected chi connectivity index (χ0v) is 13.4. The molecule has 0 heterocycles. The molecule has 1 rings (SSSR count). The molecule has 21 heavy (non-hydrogen) atoms. The number of ether oxygens (including phenoxy) is 1. The summed E-state index contributed by atoms with van der Waals surface area (Å²) >= 11 is 0. The molecule has 1 unspecified atom stereocenters. The Bertz CT molecular complexity index is 433. The molecule has 0 fully saturated rings. The van der Waals surface area contributed by atoms with Crippen molar-refractivity contribution in [1.82, 2.24) is 5.32 Å². The zero-order valence-electron chi connectivity index (χ0n) is 13.4. The predicted octanol–water partition coefficient (Wildman–Crippen LogP) is 2.86. The molecule has 118 valence electrons. The fourth-order valence-electron chi connectivity index (χ4n) is 2.18. The molecular weight excluding hydrogens is 264 g/mol. The second-order valence-corrected chi connectivity index (χ2v) is 5.89. The highest BCUT2D eigenvalue weighted by Crippen LogP contribution is 2.16. The summed E-state index contributed by atoms with van der Waals surface area (Å²) in [5, 5.41) is 2.97. The lowest BCUT2D eigenvalue weighted by Gasteiger charge is -2.15. The van der Waals surface area contributed by atoms with E-state index in [1.54, 1.807) is 0 Å². The summed E-state index contributed by atoms with van der Waals surface area (Å²) in [4.78, 5) is 11.9. The molecular formula is C17H28N2O2. The fourth-order valence-corrected chi connectivity index (χ4v) is 2.18. The van der Waals surface area contributed by atoms with Crippen LogP contribution in [0.2, 0.25) is 0 Å². The van der Waals surface area contributed by atoms with E-state index in [1.165, 1.54) is 6.42 Å². The van der Waals surface area contributed by atoms with Crippen molar-refractivity contribution < 1.29 is 9.53 Å². The van der Waals surface area contributed by atoms with Crippen LogP contribution in [-0.4, -0.2) is 18.6 Å². The second kappa shape index (κ2) is 9.40. The Morgan fingerprint density at radius 2 is 1.95 bits per heavy atom. The molecule has 0 radical (unpaired) electrons. The summed E-state index contributed by atoms with van der Waals surface area (Å²) in [5.41, 5.74) is 6.55. The third-order valence-corrected chi connectivity index (χ3v) is 3.38. The number of rotatable bonds is 9. The first kappa shape index (κ1) is 17.5. The summed E-state index contributed by atoms with van der Waals surface area (Å²) < 4.78 is 5.54. The molecule has 0 saturated carbocycles. The zero-order chi connectivity index (χ0) is 15.7. The maximum atomic E-state index is 11.9. The summed E-state index contributed by atoms with van der Waals surface area (Å²) in [6, 6.07) is 7.71. The highest BCUT2D eigenvalue weighted by Gasteiger charge is 2.09. The van der Waals surface area contributed by atoms with Gasteiger partial charge in [0.05, 0.1) is 0 Å². The Labute approximate surface area is 128 Å². The quantitative estimate of drug-likeness (QED) is 0.735. The first-order valence-corrected chi connectivity index (χ1v) is 7.73. The molecule has 0 spiro atoms. The molecule has 0 aliphatic rings. The highest BCUT2D eigenvalue weighted by atomic mass is 16.5. The maximum absolute atomic E-state index is 11.9. The van der Waals surface area contributed by atoms with Crippen LogP contribution in [0.5, 0.6) is 5.75 Å². The lowest BCUT2D eigenvalue weighted by atomic mass is 10.0. The lowest BCUT2D eigenvalue weighted by molar-refractivity contribution is -0.123. The van der Waals surface area contributed by atoms with Crippen LogP contribution in [0.4, 0.5) is 0 Å². The number of carbonyl (C=O) groups is 1. The largest absolute Gasteiger partial charge is 0.483 e. The van der Waals surface area contributed by atoms with Crippen molar-refractivity contribution in [2.75, 3.05) is 6.61 Å². The average molecular weight is 292 g/mol. The maximum Gasteiger partial charge on any atom is 0.258 e. The van der Waals surface area contributed by atoms with E-state index < -0.39 is 0 Å². The van der Waals surface area contributed by atoms with E-state index in [0.717, 1.165) is 18.4 Å². The minimum Gasteiger partial charge on any atom is -0.483 e. The smallest absolute Gasteiger partial charge is 0.258 e. The molecule has 0 aliphatic heterocycles. The van der Waals surface area contributed by atoms with Gasteiger partial charge in [-0.15, -0.1) is 0 Å². The molecule has 1 aromatic carbocycles. The van der Waals surface area contributed by atoms with Crippen molar-refractivity contribution in [3.63, 3.8) is 0 Å². The van der Waals surface area contributed by atoms with Crippen LogP contribution in [0.3, 0.4) is 0 Å². The molecule has 4 heteroatoms. The topological polar surface area (TPSA) is 64.3 Å². The number of amides is 1. The van der Waals surface area contributed by atoms with Crippen molar-refractivity contribution in [3.8, 4) is 5.75 Å². The number of nitrogens with one attached hydrogen (secondary N) is 1. The number of benzene rings is 1. The normalized spacial score (nSPS) is 12.2. The number of nitrogens with two attached hydrogens (primary N) is 1. The molecule has 3 N–H and O–H groups in total. The van der Waals surface area contributed by atoms with E-state index in [4.69, 9.17) is 10.5 Å². The monoisotopic (exact) mass is 292 g/mol.